The van der Waals surface area contributed by atoms with Crippen LogP contribution in [0.15, 0.2) is 0 Å². The molecule has 0 aromatic carbocycles. The van der Waals surface area contributed by atoms with Gasteiger partial charge in [-0.1, -0.05) is 27.7 Å². The molecule has 0 heterocycles. The van der Waals surface area contributed by atoms with E-state index in [1.807, 2.05) is 13.2 Å². The highest BCUT2D eigenvalue weighted by Gasteiger charge is 2.32. The second-order valence-electron chi connectivity index (χ2n) is 5.32. The molecule has 2 amide bonds. The molecule has 0 aliphatic heterocycles. The van der Waals surface area contributed by atoms with Crippen LogP contribution in [-0.2, 0) is 4.79 Å². The summed E-state index contributed by atoms with van der Waals surface area (Å²) in [5.41, 5.74) is -0.523. The van der Waals surface area contributed by atoms with Crippen molar-refractivity contribution in [3.8, 4) is 0 Å². The molecule has 0 aromatic heterocycles. The van der Waals surface area contributed by atoms with Gasteiger partial charge < -0.3 is 15.7 Å². The predicted molar refractivity (Wildman–Crippen MR) is 75.0 cm³/mol. The van der Waals surface area contributed by atoms with Crippen LogP contribution < -0.4 is 10.6 Å². The Labute approximate surface area is 113 Å². The largest absolute Gasteiger partial charge is 0.480 e. The quantitative estimate of drug-likeness (QED) is 0.692. The van der Waals surface area contributed by atoms with Crippen molar-refractivity contribution in [1.29, 1.82) is 0 Å². The van der Waals surface area contributed by atoms with E-state index in [-0.39, 0.29) is 6.04 Å². The maximum absolute atomic E-state index is 11.8. The third-order valence-corrected chi connectivity index (χ3v) is 3.32. The van der Waals surface area contributed by atoms with Crippen LogP contribution in [0.4, 0.5) is 4.79 Å². The smallest absolute Gasteiger partial charge is 0.326 e. The van der Waals surface area contributed by atoms with E-state index in [2.05, 4.69) is 10.6 Å². The highest BCUT2D eigenvalue weighted by Crippen LogP contribution is 2.19. The van der Waals surface area contributed by atoms with Crippen molar-refractivity contribution in [2.75, 3.05) is 12.0 Å². The van der Waals surface area contributed by atoms with E-state index in [4.69, 9.17) is 5.11 Å². The van der Waals surface area contributed by atoms with Crippen LogP contribution in [0.5, 0.6) is 0 Å². The Bertz CT molecular complexity index is 290. The number of carbonyl (C=O) groups excluding carboxylic acids is 1. The molecule has 0 fully saturated rings. The fraction of sp³-hybridized carbons (Fsp3) is 0.833. The fourth-order valence-corrected chi connectivity index (χ4v) is 2.19. The average Bonchev–Trinajstić information content (AvgIpc) is 2.23. The zero-order valence-corrected chi connectivity index (χ0v) is 12.6. The predicted octanol–water partition coefficient (Wildman–Crippen LogP) is 1.93. The monoisotopic (exact) mass is 276 g/mol. The van der Waals surface area contributed by atoms with Gasteiger partial charge in [-0.05, 0) is 18.1 Å². The summed E-state index contributed by atoms with van der Waals surface area (Å²) in [6.45, 7) is 7.33. The molecule has 0 rings (SSSR count). The molecule has 0 bridgehead atoms. The first kappa shape index (κ1) is 17.1. The lowest BCUT2D eigenvalue weighted by atomic mass is 9.87. The lowest BCUT2D eigenvalue weighted by Crippen LogP contribution is -2.54. The molecule has 18 heavy (non-hydrogen) atoms. The minimum absolute atomic E-state index is 0.0643. The molecule has 0 spiro atoms. The molecule has 0 saturated heterocycles. The zero-order chi connectivity index (χ0) is 14.3. The van der Waals surface area contributed by atoms with Crippen LogP contribution in [0.25, 0.3) is 0 Å². The Morgan fingerprint density at radius 2 is 1.83 bits per heavy atom. The summed E-state index contributed by atoms with van der Waals surface area (Å²) >= 11 is 1.65. The molecule has 0 radical (unpaired) electrons. The molecule has 6 heteroatoms. The van der Waals surface area contributed by atoms with E-state index >= 15 is 0 Å². The van der Waals surface area contributed by atoms with Crippen LogP contribution in [0.2, 0.25) is 0 Å². The third kappa shape index (κ3) is 6.14. The van der Waals surface area contributed by atoms with E-state index in [1.165, 1.54) is 0 Å². The van der Waals surface area contributed by atoms with Crippen molar-refractivity contribution in [1.82, 2.24) is 10.6 Å². The normalized spacial score (nSPS) is 14.7. The molecule has 106 valence electrons. The Balaban J connectivity index is 4.48. The van der Waals surface area contributed by atoms with Crippen LogP contribution in [0.3, 0.4) is 0 Å². The number of nitrogens with one attached hydrogen (secondary N) is 2. The summed E-state index contributed by atoms with van der Waals surface area (Å²) in [6.07, 6.45) is 2.79. The first-order chi connectivity index (χ1) is 8.22. The zero-order valence-electron chi connectivity index (χ0n) is 11.7. The Kier molecular flexibility index (Phi) is 7.13. The van der Waals surface area contributed by atoms with E-state index in [0.717, 1.165) is 12.2 Å². The van der Waals surface area contributed by atoms with E-state index in [1.54, 1.807) is 32.5 Å². The fourth-order valence-electron chi connectivity index (χ4n) is 1.47. The minimum Gasteiger partial charge on any atom is -0.480 e. The number of carboxylic acids is 1. The van der Waals surface area contributed by atoms with Crippen LogP contribution >= 0.6 is 11.8 Å². The molecule has 0 aromatic rings. The van der Waals surface area contributed by atoms with Crippen LogP contribution in [-0.4, -0.2) is 41.2 Å². The SMILES string of the molecule is CCC(CSC)NC(=O)N[C@H](C(=O)O)C(C)(C)C. The van der Waals surface area contributed by atoms with Gasteiger partial charge in [-0.2, -0.15) is 11.8 Å². The molecule has 2 atom stereocenters. The van der Waals surface area contributed by atoms with Gasteiger partial charge in [-0.15, -0.1) is 0 Å². The number of hydrogen-bond acceptors (Lipinski definition) is 3. The third-order valence-electron chi connectivity index (χ3n) is 2.58. The molecule has 0 aliphatic rings. The standard InChI is InChI=1S/C12H24N2O3S/c1-6-8(7-18-5)13-11(17)14-9(10(15)16)12(2,3)4/h8-9H,6-7H2,1-5H3,(H,15,16)(H2,13,14,17)/t8?,9-/m1/s1. The summed E-state index contributed by atoms with van der Waals surface area (Å²) in [5.74, 6) is -0.201. The van der Waals surface area contributed by atoms with Gasteiger partial charge in [0, 0.05) is 11.8 Å². The van der Waals surface area contributed by atoms with E-state index < -0.39 is 23.5 Å². The van der Waals surface area contributed by atoms with E-state index in [9.17, 15) is 9.59 Å². The first-order valence-corrected chi connectivity index (χ1v) is 7.40. The molecule has 5 nitrogen and oxygen atoms in total. The van der Waals surface area contributed by atoms with Crippen LogP contribution in [0.1, 0.15) is 34.1 Å². The maximum atomic E-state index is 11.8. The Morgan fingerprint density at radius 1 is 1.28 bits per heavy atom. The number of aliphatic carboxylic acids is 1. The Hall–Kier alpha value is -0.910. The topological polar surface area (TPSA) is 78.4 Å². The lowest BCUT2D eigenvalue weighted by Gasteiger charge is -2.28. The van der Waals surface area contributed by atoms with Crippen LogP contribution in [0, 0.1) is 5.41 Å². The summed E-state index contributed by atoms with van der Waals surface area (Å²) < 4.78 is 0. The van der Waals surface area contributed by atoms with Crippen molar-refractivity contribution >= 4 is 23.8 Å². The molecule has 0 aliphatic carbocycles. The van der Waals surface area contributed by atoms with Gasteiger partial charge in [0.25, 0.3) is 0 Å². The second kappa shape index (κ2) is 7.51. The van der Waals surface area contributed by atoms with Gasteiger partial charge in [0.15, 0.2) is 0 Å². The minimum atomic E-state index is -1.02. The van der Waals surface area contributed by atoms with E-state index in [0.29, 0.717) is 0 Å². The first-order valence-electron chi connectivity index (χ1n) is 6.01. The number of urea groups is 1. The number of hydrogen-bond donors (Lipinski definition) is 3. The summed E-state index contributed by atoms with van der Waals surface area (Å²) in [4.78, 5) is 22.9. The Morgan fingerprint density at radius 3 is 2.17 bits per heavy atom. The molecule has 1 unspecified atom stereocenters. The van der Waals surface area contributed by atoms with Crippen molar-refractivity contribution in [2.45, 2.75) is 46.2 Å². The van der Waals surface area contributed by atoms with Crippen molar-refractivity contribution < 1.29 is 14.7 Å². The number of thioether (sulfide) groups is 1. The summed E-state index contributed by atoms with van der Waals surface area (Å²) in [6, 6.07) is -1.25. The second-order valence-corrected chi connectivity index (χ2v) is 6.23. The number of carboxylic acid groups (broad SMARTS) is 1. The van der Waals surface area contributed by atoms with Gasteiger partial charge in [0.2, 0.25) is 0 Å². The van der Waals surface area contributed by atoms with Gasteiger partial charge in [0.1, 0.15) is 6.04 Å². The lowest BCUT2D eigenvalue weighted by molar-refractivity contribution is -0.141. The van der Waals surface area contributed by atoms with Crippen molar-refractivity contribution in [2.24, 2.45) is 5.41 Å². The maximum Gasteiger partial charge on any atom is 0.326 e. The van der Waals surface area contributed by atoms with Gasteiger partial charge in [-0.3, -0.25) is 0 Å². The van der Waals surface area contributed by atoms with Gasteiger partial charge in [-0.25, -0.2) is 9.59 Å². The highest BCUT2D eigenvalue weighted by atomic mass is 32.2. The summed E-state index contributed by atoms with van der Waals surface area (Å²) in [5, 5.41) is 14.4. The van der Waals surface area contributed by atoms with Gasteiger partial charge >= 0.3 is 12.0 Å². The average molecular weight is 276 g/mol. The molecular weight excluding hydrogens is 252 g/mol. The number of amides is 2. The highest BCUT2D eigenvalue weighted by molar-refractivity contribution is 7.98. The number of carbonyl (C=O) groups is 2. The van der Waals surface area contributed by atoms with Crippen molar-refractivity contribution in [3.05, 3.63) is 0 Å². The van der Waals surface area contributed by atoms with Crippen molar-refractivity contribution in [3.63, 3.8) is 0 Å². The molecule has 0 saturated carbocycles. The molecule has 3 N–H and O–H groups in total. The number of rotatable bonds is 6. The van der Waals surface area contributed by atoms with Gasteiger partial charge in [0.05, 0.1) is 0 Å². The summed E-state index contributed by atoms with van der Waals surface area (Å²) in [7, 11) is 0. The molecular formula is C12H24N2O3S.